The molecule has 0 aliphatic heterocycles. The van der Waals surface area contributed by atoms with E-state index in [9.17, 15) is 13.2 Å². The monoisotopic (exact) mass is 412 g/mol. The maximum absolute atomic E-state index is 13.0. The molecule has 0 fully saturated rings. The Hall–Kier alpha value is -3.33. The van der Waals surface area contributed by atoms with Crippen molar-refractivity contribution < 1.29 is 13.2 Å². The minimum Gasteiger partial charge on any atom is -0.323 e. The summed E-state index contributed by atoms with van der Waals surface area (Å²) in [6.07, 6.45) is -0.149. The van der Waals surface area contributed by atoms with Gasteiger partial charge >= 0.3 is 6.18 Å². The van der Waals surface area contributed by atoms with Gasteiger partial charge in [-0.15, -0.1) is 0 Å². The summed E-state index contributed by atoms with van der Waals surface area (Å²) in [5, 5.41) is 4.93. The second-order valence-corrected chi connectivity index (χ2v) is 6.91. The summed E-state index contributed by atoms with van der Waals surface area (Å²) in [7, 11) is 0. The van der Waals surface area contributed by atoms with Crippen LogP contribution in [0.15, 0.2) is 54.9 Å². The summed E-state index contributed by atoms with van der Waals surface area (Å²) in [6.45, 7) is 2.06. The number of hydrogen-bond donors (Lipinski definition) is 1. The molecule has 1 aromatic carbocycles. The van der Waals surface area contributed by atoms with Crippen molar-refractivity contribution in [1.29, 1.82) is 0 Å². The third-order valence-electron chi connectivity index (χ3n) is 4.74. The summed E-state index contributed by atoms with van der Waals surface area (Å²) in [5.74, 6) is -0.149. The number of halogens is 3. The van der Waals surface area contributed by atoms with Crippen LogP contribution in [0, 0.1) is 0 Å². The first kappa shape index (κ1) is 20.0. The number of hydrogen-bond acceptors (Lipinski definition) is 5. The SMILES string of the molecule is CCCC(N)c1cccc(-c2ccc3cnn(-c4nccc(C(F)(F)F)n4)c3c2)n1. The van der Waals surface area contributed by atoms with Gasteiger partial charge in [-0.05, 0) is 30.7 Å². The lowest BCUT2D eigenvalue weighted by Gasteiger charge is -2.11. The van der Waals surface area contributed by atoms with Gasteiger partial charge in [0.05, 0.1) is 23.1 Å². The molecule has 30 heavy (non-hydrogen) atoms. The van der Waals surface area contributed by atoms with Gasteiger partial charge in [0.1, 0.15) is 5.69 Å². The highest BCUT2D eigenvalue weighted by atomic mass is 19.4. The molecule has 2 N–H and O–H groups in total. The van der Waals surface area contributed by atoms with E-state index in [0.29, 0.717) is 5.52 Å². The lowest BCUT2D eigenvalue weighted by Crippen LogP contribution is -2.12. The number of alkyl halides is 3. The Morgan fingerprint density at radius 3 is 2.70 bits per heavy atom. The van der Waals surface area contributed by atoms with Crippen LogP contribution in [0.3, 0.4) is 0 Å². The van der Waals surface area contributed by atoms with E-state index >= 15 is 0 Å². The molecule has 0 aliphatic rings. The molecule has 3 heterocycles. The molecule has 0 amide bonds. The van der Waals surface area contributed by atoms with Crippen LogP contribution in [0.2, 0.25) is 0 Å². The molecule has 154 valence electrons. The van der Waals surface area contributed by atoms with Crippen LogP contribution in [-0.2, 0) is 6.18 Å². The van der Waals surface area contributed by atoms with Crippen molar-refractivity contribution in [2.24, 2.45) is 5.73 Å². The Morgan fingerprint density at radius 2 is 1.93 bits per heavy atom. The number of pyridine rings is 1. The van der Waals surface area contributed by atoms with E-state index in [1.54, 1.807) is 6.20 Å². The summed E-state index contributed by atoms with van der Waals surface area (Å²) in [5.41, 5.74) is 8.06. The Labute approximate surface area is 170 Å². The number of nitrogens with zero attached hydrogens (tertiary/aromatic N) is 5. The second-order valence-electron chi connectivity index (χ2n) is 6.91. The Morgan fingerprint density at radius 1 is 1.10 bits per heavy atom. The van der Waals surface area contributed by atoms with Crippen LogP contribution in [0.5, 0.6) is 0 Å². The van der Waals surface area contributed by atoms with Crippen LogP contribution in [-0.4, -0.2) is 24.7 Å². The molecule has 6 nitrogen and oxygen atoms in total. The van der Waals surface area contributed by atoms with Gasteiger partial charge in [-0.2, -0.15) is 23.0 Å². The predicted octanol–water partition coefficient (Wildman–Crippen LogP) is 4.70. The number of rotatable bonds is 5. The maximum Gasteiger partial charge on any atom is 0.433 e. The first-order valence-electron chi connectivity index (χ1n) is 9.48. The van der Waals surface area contributed by atoms with Crippen molar-refractivity contribution in [2.45, 2.75) is 32.0 Å². The van der Waals surface area contributed by atoms with E-state index in [-0.39, 0.29) is 12.0 Å². The Bertz CT molecular complexity index is 1180. The normalized spacial score (nSPS) is 13.0. The molecule has 1 unspecified atom stereocenters. The van der Waals surface area contributed by atoms with Gasteiger partial charge in [0, 0.05) is 23.2 Å². The van der Waals surface area contributed by atoms with E-state index in [1.807, 2.05) is 36.4 Å². The van der Waals surface area contributed by atoms with Gasteiger partial charge in [-0.3, -0.25) is 4.98 Å². The number of aromatic nitrogens is 5. The third-order valence-corrected chi connectivity index (χ3v) is 4.74. The van der Waals surface area contributed by atoms with Gasteiger partial charge in [0.25, 0.3) is 5.95 Å². The van der Waals surface area contributed by atoms with Crippen molar-refractivity contribution >= 4 is 10.9 Å². The fourth-order valence-corrected chi connectivity index (χ4v) is 3.22. The average molecular weight is 412 g/mol. The molecule has 0 saturated heterocycles. The fraction of sp³-hybridized carbons (Fsp3) is 0.238. The maximum atomic E-state index is 13.0. The van der Waals surface area contributed by atoms with Crippen molar-refractivity contribution in [3.05, 3.63) is 66.2 Å². The van der Waals surface area contributed by atoms with Crippen molar-refractivity contribution in [3.8, 4) is 17.2 Å². The Balaban J connectivity index is 1.77. The van der Waals surface area contributed by atoms with E-state index in [0.717, 1.165) is 47.4 Å². The third kappa shape index (κ3) is 3.88. The van der Waals surface area contributed by atoms with Crippen LogP contribution >= 0.6 is 0 Å². The molecule has 4 rings (SSSR count). The minimum absolute atomic E-state index is 0.149. The molecule has 0 saturated carbocycles. The smallest absolute Gasteiger partial charge is 0.323 e. The highest BCUT2D eigenvalue weighted by Gasteiger charge is 2.33. The van der Waals surface area contributed by atoms with E-state index < -0.39 is 11.9 Å². The summed E-state index contributed by atoms with van der Waals surface area (Å²) < 4.78 is 40.4. The Kier molecular flexibility index (Phi) is 5.21. The zero-order chi connectivity index (χ0) is 21.3. The molecule has 0 bridgehead atoms. The standard InChI is InChI=1S/C21H19F3N6/c1-2-4-15(25)17-6-3-5-16(28-17)13-7-8-14-12-27-30(18(14)11-13)20-26-10-9-19(29-20)21(22,23)24/h3,5-12,15H,2,4,25H2,1H3. The lowest BCUT2D eigenvalue weighted by atomic mass is 10.1. The molecule has 9 heteroatoms. The molecular weight excluding hydrogens is 393 g/mol. The van der Waals surface area contributed by atoms with Crippen molar-refractivity contribution in [1.82, 2.24) is 24.7 Å². The van der Waals surface area contributed by atoms with Gasteiger partial charge < -0.3 is 5.73 Å². The molecule has 0 aliphatic carbocycles. The van der Waals surface area contributed by atoms with E-state index in [2.05, 4.69) is 27.0 Å². The molecule has 0 spiro atoms. The molecule has 3 aromatic heterocycles. The first-order chi connectivity index (χ1) is 14.4. The molecular formula is C21H19F3N6. The topological polar surface area (TPSA) is 82.5 Å². The summed E-state index contributed by atoms with van der Waals surface area (Å²) in [6, 6.07) is 11.9. The van der Waals surface area contributed by atoms with E-state index in [4.69, 9.17) is 5.73 Å². The van der Waals surface area contributed by atoms with Crippen molar-refractivity contribution in [2.75, 3.05) is 0 Å². The highest BCUT2D eigenvalue weighted by molar-refractivity contribution is 5.84. The largest absolute Gasteiger partial charge is 0.433 e. The van der Waals surface area contributed by atoms with E-state index in [1.165, 1.54) is 4.68 Å². The number of nitrogens with two attached hydrogens (primary N) is 1. The minimum atomic E-state index is -4.56. The van der Waals surface area contributed by atoms with Crippen LogP contribution in [0.4, 0.5) is 13.2 Å². The lowest BCUT2D eigenvalue weighted by molar-refractivity contribution is -0.141. The zero-order valence-corrected chi connectivity index (χ0v) is 16.1. The second kappa shape index (κ2) is 7.83. The molecule has 1 atom stereocenters. The molecule has 4 aromatic rings. The van der Waals surface area contributed by atoms with Gasteiger partial charge in [0.2, 0.25) is 0 Å². The zero-order valence-electron chi connectivity index (χ0n) is 16.1. The molecule has 0 radical (unpaired) electrons. The average Bonchev–Trinajstić information content (AvgIpc) is 3.17. The fourth-order valence-electron chi connectivity index (χ4n) is 3.22. The van der Waals surface area contributed by atoms with Gasteiger partial charge in [-0.1, -0.05) is 31.5 Å². The van der Waals surface area contributed by atoms with Gasteiger partial charge in [0.15, 0.2) is 0 Å². The van der Waals surface area contributed by atoms with Crippen LogP contribution in [0.25, 0.3) is 28.1 Å². The van der Waals surface area contributed by atoms with Crippen LogP contribution in [0.1, 0.15) is 37.2 Å². The predicted molar refractivity (Wildman–Crippen MR) is 107 cm³/mol. The quantitative estimate of drug-likeness (QED) is 0.514. The number of fused-ring (bicyclic) bond motifs is 1. The first-order valence-corrected chi connectivity index (χ1v) is 9.48. The van der Waals surface area contributed by atoms with Crippen LogP contribution < -0.4 is 5.73 Å². The van der Waals surface area contributed by atoms with Gasteiger partial charge in [-0.25, -0.2) is 9.97 Å². The van der Waals surface area contributed by atoms with Crippen molar-refractivity contribution in [3.63, 3.8) is 0 Å². The number of benzene rings is 1. The summed E-state index contributed by atoms with van der Waals surface area (Å²) >= 11 is 0. The summed E-state index contributed by atoms with van der Waals surface area (Å²) in [4.78, 5) is 12.3. The highest BCUT2D eigenvalue weighted by Crippen LogP contribution is 2.29.